The van der Waals surface area contributed by atoms with E-state index < -0.39 is 5.97 Å². The lowest BCUT2D eigenvalue weighted by atomic mass is 10.2. The van der Waals surface area contributed by atoms with Gasteiger partial charge in [-0.15, -0.1) is 0 Å². The number of aliphatic imine (C=N–C) groups is 1. The molecule has 2 aromatic carbocycles. The zero-order chi connectivity index (χ0) is 19.2. The second-order valence-corrected chi connectivity index (χ2v) is 6.50. The highest BCUT2D eigenvalue weighted by Crippen LogP contribution is 2.29. The topological polar surface area (TPSA) is 88.0 Å². The summed E-state index contributed by atoms with van der Waals surface area (Å²) in [4.78, 5) is 28.5. The molecule has 1 aliphatic heterocycles. The number of hydrogen-bond acceptors (Lipinski definition) is 6. The number of nitrogens with one attached hydrogen (secondary N) is 1. The van der Waals surface area contributed by atoms with Crippen molar-refractivity contribution in [1.82, 2.24) is 5.32 Å². The summed E-state index contributed by atoms with van der Waals surface area (Å²) in [5.74, 6) is -1.10. The maximum Gasteiger partial charge on any atom is 0.341 e. The van der Waals surface area contributed by atoms with Gasteiger partial charge in [0.15, 0.2) is 5.17 Å². The molecule has 0 aliphatic carbocycles. The van der Waals surface area contributed by atoms with Crippen molar-refractivity contribution in [3.63, 3.8) is 0 Å². The second kappa shape index (κ2) is 8.37. The van der Waals surface area contributed by atoms with Crippen LogP contribution in [0.1, 0.15) is 15.9 Å². The summed E-state index contributed by atoms with van der Waals surface area (Å²) >= 11 is 1.19. The fourth-order valence-corrected chi connectivity index (χ4v) is 3.08. The summed E-state index contributed by atoms with van der Waals surface area (Å²) in [6.07, 6.45) is 5.42. The molecule has 6 nitrogen and oxygen atoms in total. The average molecular weight is 380 g/mol. The minimum absolute atomic E-state index is 0.00948. The van der Waals surface area contributed by atoms with E-state index in [9.17, 15) is 14.7 Å². The van der Waals surface area contributed by atoms with E-state index in [0.29, 0.717) is 15.8 Å². The SMILES string of the molecule is COC(=O)c1cc(N=C2NC(=O)/C(=C/C=C/c3ccccc3)S2)ccc1O. The Balaban J connectivity index is 1.76. The highest BCUT2D eigenvalue weighted by atomic mass is 32.2. The van der Waals surface area contributed by atoms with Crippen molar-refractivity contribution in [2.24, 2.45) is 4.99 Å². The van der Waals surface area contributed by atoms with Crippen molar-refractivity contribution >= 4 is 40.6 Å². The van der Waals surface area contributed by atoms with Crippen LogP contribution in [-0.2, 0) is 9.53 Å². The molecule has 7 heteroatoms. The van der Waals surface area contributed by atoms with Gasteiger partial charge in [-0.1, -0.05) is 42.5 Å². The molecule has 27 heavy (non-hydrogen) atoms. The number of carbonyl (C=O) groups excluding carboxylic acids is 2. The van der Waals surface area contributed by atoms with Gasteiger partial charge in [0.2, 0.25) is 0 Å². The molecule has 1 amide bonds. The van der Waals surface area contributed by atoms with Crippen LogP contribution in [-0.4, -0.2) is 29.3 Å². The van der Waals surface area contributed by atoms with Crippen LogP contribution in [0.5, 0.6) is 5.75 Å². The van der Waals surface area contributed by atoms with Crippen molar-refractivity contribution in [1.29, 1.82) is 0 Å². The molecule has 1 heterocycles. The number of ether oxygens (including phenoxy) is 1. The van der Waals surface area contributed by atoms with Crippen molar-refractivity contribution in [2.45, 2.75) is 0 Å². The van der Waals surface area contributed by atoms with Crippen LogP contribution < -0.4 is 5.32 Å². The van der Waals surface area contributed by atoms with Crippen LogP contribution in [0.15, 0.2) is 70.6 Å². The van der Waals surface area contributed by atoms with Gasteiger partial charge >= 0.3 is 5.97 Å². The van der Waals surface area contributed by atoms with Crippen LogP contribution in [0.4, 0.5) is 5.69 Å². The number of benzene rings is 2. The Morgan fingerprint density at radius 3 is 2.74 bits per heavy atom. The fourth-order valence-electron chi connectivity index (χ4n) is 2.29. The highest BCUT2D eigenvalue weighted by Gasteiger charge is 2.23. The van der Waals surface area contributed by atoms with Gasteiger partial charge in [0.05, 0.1) is 17.7 Å². The number of esters is 1. The van der Waals surface area contributed by atoms with Crippen molar-refractivity contribution in [3.05, 3.63) is 76.7 Å². The van der Waals surface area contributed by atoms with Crippen molar-refractivity contribution in [3.8, 4) is 5.75 Å². The Kier molecular flexibility index (Phi) is 5.73. The van der Waals surface area contributed by atoms with Gasteiger partial charge in [-0.25, -0.2) is 9.79 Å². The van der Waals surface area contributed by atoms with Gasteiger partial charge in [0.1, 0.15) is 11.3 Å². The largest absolute Gasteiger partial charge is 0.507 e. The molecule has 1 aliphatic rings. The van der Waals surface area contributed by atoms with E-state index in [1.807, 2.05) is 36.4 Å². The molecule has 0 spiro atoms. The first-order chi connectivity index (χ1) is 13.1. The first kappa shape index (κ1) is 18.5. The Labute approximate surface area is 160 Å². The van der Waals surface area contributed by atoms with Crippen LogP contribution in [0, 0.1) is 0 Å². The van der Waals surface area contributed by atoms with Crippen LogP contribution in [0.2, 0.25) is 0 Å². The summed E-state index contributed by atoms with van der Waals surface area (Å²) in [5.41, 5.74) is 1.46. The molecule has 1 saturated heterocycles. The number of aromatic hydroxyl groups is 1. The monoisotopic (exact) mass is 380 g/mol. The Morgan fingerprint density at radius 1 is 1.22 bits per heavy atom. The number of hydrogen-bond donors (Lipinski definition) is 2. The maximum absolute atomic E-state index is 12.1. The van der Waals surface area contributed by atoms with Gasteiger partial charge in [-0.05, 0) is 41.6 Å². The zero-order valence-electron chi connectivity index (χ0n) is 14.4. The summed E-state index contributed by atoms with van der Waals surface area (Å²) < 4.78 is 4.62. The summed E-state index contributed by atoms with van der Waals surface area (Å²) in [6.45, 7) is 0. The number of thioether (sulfide) groups is 1. The molecule has 136 valence electrons. The zero-order valence-corrected chi connectivity index (χ0v) is 15.2. The van der Waals surface area contributed by atoms with E-state index in [2.05, 4.69) is 15.0 Å². The van der Waals surface area contributed by atoms with Crippen LogP contribution in [0.25, 0.3) is 6.08 Å². The highest BCUT2D eigenvalue weighted by molar-refractivity contribution is 8.18. The van der Waals surface area contributed by atoms with Crippen LogP contribution >= 0.6 is 11.8 Å². The van der Waals surface area contributed by atoms with E-state index in [1.165, 1.54) is 31.0 Å². The molecule has 0 bridgehead atoms. The lowest BCUT2D eigenvalue weighted by Crippen LogP contribution is -2.19. The number of carbonyl (C=O) groups is 2. The average Bonchev–Trinajstić information content (AvgIpc) is 3.02. The summed E-state index contributed by atoms with van der Waals surface area (Å²) in [7, 11) is 1.23. The summed E-state index contributed by atoms with van der Waals surface area (Å²) in [5, 5.41) is 12.8. The third-order valence-electron chi connectivity index (χ3n) is 3.60. The Hall–Kier alpha value is -3.32. The van der Waals surface area contributed by atoms with E-state index >= 15 is 0 Å². The fraction of sp³-hybridized carbons (Fsp3) is 0.0500. The predicted molar refractivity (Wildman–Crippen MR) is 106 cm³/mol. The minimum Gasteiger partial charge on any atom is -0.507 e. The van der Waals surface area contributed by atoms with Crippen molar-refractivity contribution < 1.29 is 19.4 Å². The maximum atomic E-state index is 12.1. The van der Waals surface area contributed by atoms with Gasteiger partial charge < -0.3 is 15.2 Å². The smallest absolute Gasteiger partial charge is 0.341 e. The second-order valence-electron chi connectivity index (χ2n) is 5.47. The van der Waals surface area contributed by atoms with E-state index in [1.54, 1.807) is 18.2 Å². The number of amidine groups is 1. The molecule has 2 aromatic rings. The normalized spacial score (nSPS) is 16.9. The lowest BCUT2D eigenvalue weighted by molar-refractivity contribution is -0.115. The molecule has 0 saturated carbocycles. The number of rotatable bonds is 4. The molecular weight excluding hydrogens is 364 g/mol. The minimum atomic E-state index is -0.663. The lowest BCUT2D eigenvalue weighted by Gasteiger charge is -2.03. The molecule has 0 aromatic heterocycles. The predicted octanol–water partition coefficient (Wildman–Crippen LogP) is 3.63. The summed E-state index contributed by atoms with van der Waals surface area (Å²) in [6, 6.07) is 14.0. The molecule has 0 atom stereocenters. The van der Waals surface area contributed by atoms with E-state index in [0.717, 1.165) is 5.56 Å². The van der Waals surface area contributed by atoms with E-state index in [-0.39, 0.29) is 17.2 Å². The number of phenolic OH excluding ortho intramolecular Hbond substituents is 1. The molecule has 2 N–H and O–H groups in total. The quantitative estimate of drug-likeness (QED) is 0.625. The van der Waals surface area contributed by atoms with E-state index in [4.69, 9.17) is 0 Å². The van der Waals surface area contributed by atoms with Gasteiger partial charge in [0.25, 0.3) is 5.91 Å². The number of allylic oxidation sites excluding steroid dienone is 2. The number of phenols is 1. The molecule has 0 unspecified atom stereocenters. The Morgan fingerprint density at radius 2 is 2.00 bits per heavy atom. The third-order valence-corrected chi connectivity index (χ3v) is 4.53. The number of nitrogens with zero attached hydrogens (tertiary/aromatic N) is 1. The van der Waals surface area contributed by atoms with Crippen molar-refractivity contribution in [2.75, 3.05) is 7.11 Å². The molecule has 1 fully saturated rings. The Bertz CT molecular complexity index is 965. The molecular formula is C20H16N2O4S. The van der Waals surface area contributed by atoms with Gasteiger partial charge in [-0.2, -0.15) is 0 Å². The third kappa shape index (κ3) is 4.65. The molecule has 3 rings (SSSR count). The standard InChI is InChI=1S/C20H16N2O4S/c1-26-19(25)15-12-14(10-11-16(15)23)21-20-22-18(24)17(27-20)9-5-8-13-6-3-2-4-7-13/h2-12,23H,1H3,(H,21,22,24)/b8-5+,17-9-. The van der Waals surface area contributed by atoms with Gasteiger partial charge in [-0.3, -0.25) is 4.79 Å². The van der Waals surface area contributed by atoms with Crippen LogP contribution in [0.3, 0.4) is 0 Å². The first-order valence-corrected chi connectivity index (χ1v) is 8.81. The first-order valence-electron chi connectivity index (χ1n) is 7.99. The molecule has 0 radical (unpaired) electrons. The number of methoxy groups -OCH3 is 1. The number of amides is 1. The van der Waals surface area contributed by atoms with Gasteiger partial charge in [0, 0.05) is 0 Å².